The molecule has 0 unspecified atom stereocenters. The maximum Gasteiger partial charge on any atom is 0.0541 e. The molecule has 0 fully saturated rings. The van der Waals surface area contributed by atoms with Crippen LogP contribution in [-0.4, -0.2) is 4.57 Å². The van der Waals surface area contributed by atoms with Crippen LogP contribution in [0.5, 0.6) is 0 Å². The quantitative estimate of drug-likeness (QED) is 0.155. The Kier molecular flexibility index (Phi) is 57.4. The van der Waals surface area contributed by atoms with Gasteiger partial charge in [-0.25, -0.2) is 0 Å². The predicted molar refractivity (Wildman–Crippen MR) is 396 cm³/mol. The second-order valence-corrected chi connectivity index (χ2v) is 18.5. The summed E-state index contributed by atoms with van der Waals surface area (Å²) < 4.78 is 2.38. The molecule has 1 aromatic heterocycles. The molecule has 0 saturated heterocycles. The Morgan fingerprint density at radius 3 is 0.824 bits per heavy atom. The first kappa shape index (κ1) is 93.8. The molecule has 0 bridgehead atoms. The van der Waals surface area contributed by atoms with E-state index >= 15 is 0 Å². The zero-order valence-corrected chi connectivity index (χ0v) is 70.6. The Hall–Kier alpha value is -3.58. The van der Waals surface area contributed by atoms with Gasteiger partial charge in [-0.3, -0.25) is 0 Å². The van der Waals surface area contributed by atoms with E-state index in [4.69, 9.17) is 0 Å². The molecule has 10 aromatic carbocycles. The zero-order chi connectivity index (χ0) is 63.8. The van der Waals surface area contributed by atoms with Gasteiger partial charge in [0.05, 0.1) is 11.0 Å². The van der Waals surface area contributed by atoms with E-state index in [1.165, 1.54) is 117 Å². The Labute approximate surface area is 658 Å². The second-order valence-electron chi connectivity index (χ2n) is 18.5. The summed E-state index contributed by atoms with van der Waals surface area (Å²) in [6.07, 6.45) is 5.49. The van der Waals surface area contributed by atoms with Crippen molar-refractivity contribution in [3.05, 3.63) is 292 Å². The van der Waals surface area contributed by atoms with Gasteiger partial charge < -0.3 is 4.57 Å². The van der Waals surface area contributed by atoms with Crippen LogP contribution in [-0.2, 0) is 163 Å². The van der Waals surface area contributed by atoms with E-state index in [1.807, 2.05) is 117 Å². The van der Waals surface area contributed by atoms with Crippen molar-refractivity contribution >= 4 is 21.8 Å². The van der Waals surface area contributed by atoms with E-state index in [9.17, 15) is 0 Å². The number of nitrogens with zero attached hydrogens (tertiary/aromatic N) is 1. The van der Waals surface area contributed by atoms with Crippen molar-refractivity contribution in [2.75, 3.05) is 0 Å². The van der Waals surface area contributed by atoms with Crippen molar-refractivity contribution in [1.82, 2.24) is 4.57 Å². The molecule has 5 heteroatoms. The van der Waals surface area contributed by atoms with Gasteiger partial charge in [-0.15, -0.1) is 0 Å². The van der Waals surface area contributed by atoms with Gasteiger partial charge in [-0.1, -0.05) is 333 Å². The summed E-state index contributed by atoms with van der Waals surface area (Å²) in [5.41, 5.74) is 26.6. The summed E-state index contributed by atoms with van der Waals surface area (Å²) >= 11 is 0. The number of hydrogen-bond donors (Lipinski definition) is 0. The van der Waals surface area contributed by atoms with Crippen molar-refractivity contribution in [3.63, 3.8) is 0 Å². The summed E-state index contributed by atoms with van der Waals surface area (Å²) in [5.74, 6) is 0. The fraction of sp³-hybridized carbons (Fsp3) is 0.302. The summed E-state index contributed by atoms with van der Waals surface area (Å²) in [6, 6.07) is 85.2. The molecule has 0 spiro atoms. The molecule has 3 aliphatic rings. The standard InChI is InChI=1S/C21H19N.3C13H10.C9H11.8C2H6.CH4.4Y/c1-3-16-14-17(13-12-15(16)2)22-20-10-6-4-8-18(20)19-9-5-7-11-21(19)22;3*1-3-7-12-10(5-1)9-11-6-2-4-8-13(11)12;1-3-9-7-5-4-6-8(9)2;8*1-2;;;;;/h4-14H,3H2,1-2H3;3*1-8H,9H2;4,6-7H,3H2,1-2H3;8*1-2H3;1H4;;;;/q;;;;-1;;;;;;;;;;;;;. The monoisotopic (exact) mass is 1510 g/mol. The molecule has 1 heterocycles. The normalized spacial score (nSPS) is 9.49. The number of aryl methyl sites for hydroxylation is 4. The minimum absolute atomic E-state index is 0. The van der Waals surface area contributed by atoms with Gasteiger partial charge in [0.15, 0.2) is 0 Å². The third kappa shape index (κ3) is 26.5. The van der Waals surface area contributed by atoms with Gasteiger partial charge in [0, 0.05) is 147 Å². The summed E-state index contributed by atoms with van der Waals surface area (Å²) in [5, 5.41) is 2.63. The van der Waals surface area contributed by atoms with Crippen LogP contribution in [0.2, 0.25) is 0 Å². The van der Waals surface area contributed by atoms with Crippen molar-refractivity contribution in [2.45, 2.75) is 178 Å². The van der Waals surface area contributed by atoms with Crippen molar-refractivity contribution in [1.29, 1.82) is 0 Å². The minimum Gasteiger partial charge on any atom is -0.309 e. The number of para-hydroxylation sites is 2. The van der Waals surface area contributed by atoms with Crippen LogP contribution in [0.15, 0.2) is 231 Å². The maximum atomic E-state index is 3.05. The van der Waals surface area contributed by atoms with E-state index in [1.54, 1.807) is 0 Å². The second kappa shape index (κ2) is 55.7. The smallest absolute Gasteiger partial charge is 0.0541 e. The van der Waals surface area contributed by atoms with Crippen LogP contribution in [0.25, 0.3) is 60.9 Å². The molecule has 91 heavy (non-hydrogen) atoms. The molecule has 0 N–H and O–H groups in total. The molecule has 0 saturated carbocycles. The summed E-state index contributed by atoms with van der Waals surface area (Å²) in [7, 11) is 0. The van der Waals surface area contributed by atoms with Crippen LogP contribution >= 0.6 is 0 Å². The molecule has 0 aliphatic heterocycles. The van der Waals surface area contributed by atoms with E-state index in [-0.39, 0.29) is 138 Å². The van der Waals surface area contributed by atoms with Crippen LogP contribution in [0.3, 0.4) is 0 Å². The molecule has 474 valence electrons. The van der Waals surface area contributed by atoms with Crippen LogP contribution < -0.4 is 0 Å². The zero-order valence-electron chi connectivity index (χ0n) is 59.2. The van der Waals surface area contributed by atoms with Gasteiger partial charge in [-0.05, 0) is 135 Å². The number of rotatable bonds is 3. The Morgan fingerprint density at radius 1 is 0.308 bits per heavy atom. The molecular formula is C86H112NY4-. The first-order valence-electron chi connectivity index (χ1n) is 33.0. The van der Waals surface area contributed by atoms with E-state index in [0.29, 0.717) is 0 Å². The fourth-order valence-corrected chi connectivity index (χ4v) is 10.5. The SMILES string of the molecule is C.CC.CC.CC.CC.CC.CC.CC.CC.CCc1c[c-]ccc1C.CCc1cc(-n2c3ccccc3c3ccccc32)ccc1C.[Y].[Y].[Y].[Y].c1ccc2c(c1)Cc1ccccc1-2.c1ccc2c(c1)Cc1ccccc1-2.c1ccc2c(c1)Cc1ccccc1-2. The third-order valence-corrected chi connectivity index (χ3v) is 14.2. The predicted octanol–water partition coefficient (Wildman–Crippen LogP) is 26.6. The Bertz CT molecular complexity index is 3210. The fourth-order valence-electron chi connectivity index (χ4n) is 10.5. The molecule has 0 atom stereocenters. The van der Waals surface area contributed by atoms with Crippen molar-refractivity contribution in [2.24, 2.45) is 0 Å². The average molecular weight is 1520 g/mol. The number of fused-ring (bicyclic) bond motifs is 12. The van der Waals surface area contributed by atoms with Crippen LogP contribution in [0.1, 0.15) is 188 Å². The van der Waals surface area contributed by atoms with Crippen molar-refractivity contribution < 1.29 is 131 Å². The number of hydrogen-bond acceptors (Lipinski definition) is 0. The van der Waals surface area contributed by atoms with Gasteiger partial charge in [0.25, 0.3) is 0 Å². The van der Waals surface area contributed by atoms with Gasteiger partial charge in [-0.2, -0.15) is 35.4 Å². The number of benzene rings is 10. The Morgan fingerprint density at radius 2 is 0.560 bits per heavy atom. The Balaban J connectivity index is -0.000000495. The van der Waals surface area contributed by atoms with Crippen LogP contribution in [0.4, 0.5) is 0 Å². The first-order valence-corrected chi connectivity index (χ1v) is 33.0. The topological polar surface area (TPSA) is 4.93 Å². The molecular weight excluding hydrogens is 1400 g/mol. The summed E-state index contributed by atoms with van der Waals surface area (Å²) in [4.78, 5) is 0. The van der Waals surface area contributed by atoms with Crippen LogP contribution in [0, 0.1) is 19.9 Å². The van der Waals surface area contributed by atoms with Crippen molar-refractivity contribution in [3.8, 4) is 39.1 Å². The van der Waals surface area contributed by atoms with Gasteiger partial charge in [0.1, 0.15) is 0 Å². The van der Waals surface area contributed by atoms with E-state index in [2.05, 4.69) is 263 Å². The maximum absolute atomic E-state index is 3.05. The van der Waals surface area contributed by atoms with Gasteiger partial charge >= 0.3 is 0 Å². The molecule has 11 aromatic rings. The minimum atomic E-state index is 0. The average Bonchev–Trinajstić information content (AvgIpc) is 1.64. The molecule has 3 aliphatic carbocycles. The van der Waals surface area contributed by atoms with E-state index < -0.39 is 0 Å². The molecule has 4 radical (unpaired) electrons. The molecule has 1 nitrogen and oxygen atoms in total. The largest absolute Gasteiger partial charge is 0.309 e. The summed E-state index contributed by atoms with van der Waals surface area (Å²) in [6.45, 7) is 40.7. The van der Waals surface area contributed by atoms with Gasteiger partial charge in [0.2, 0.25) is 0 Å². The molecule has 0 amide bonds. The van der Waals surface area contributed by atoms with E-state index in [0.717, 1.165) is 32.1 Å². The molecule has 14 rings (SSSR count). The first-order chi connectivity index (χ1) is 42.5. The number of aromatic nitrogens is 1. The third-order valence-electron chi connectivity index (χ3n) is 14.2.